The summed E-state index contributed by atoms with van der Waals surface area (Å²) in [5, 5.41) is 22.0. The normalized spacial score (nSPS) is 8.49. The molecule has 0 fully saturated rings. The number of thiazole rings is 3. The summed E-state index contributed by atoms with van der Waals surface area (Å²) < 4.78 is 14.2. The van der Waals surface area contributed by atoms with Crippen molar-refractivity contribution in [2.75, 3.05) is 0 Å². The van der Waals surface area contributed by atoms with E-state index in [9.17, 15) is 0 Å². The van der Waals surface area contributed by atoms with Gasteiger partial charge in [-0.05, 0) is 62.3 Å². The summed E-state index contributed by atoms with van der Waals surface area (Å²) in [6.07, 6.45) is 21.9. The first-order chi connectivity index (χ1) is 37.7. The molecule has 0 radical (unpaired) electrons. The zero-order valence-electron chi connectivity index (χ0n) is 53.2. The third kappa shape index (κ3) is 71.9. The number of aliphatic imine (C=N–C) groups is 1. The van der Waals surface area contributed by atoms with Crippen molar-refractivity contribution >= 4 is 51.6 Å². The van der Waals surface area contributed by atoms with Crippen LogP contribution < -0.4 is 0 Å². The van der Waals surface area contributed by atoms with Crippen molar-refractivity contribution in [1.82, 2.24) is 65.3 Å². The van der Waals surface area contributed by atoms with Gasteiger partial charge in [0.2, 0.25) is 11.8 Å². The monoisotopic (exact) mass is 1160 g/mol. The molecule has 0 saturated carbocycles. The number of aromatic nitrogens is 13. The molecule has 0 spiro atoms. The number of hydrogen-bond donors (Lipinski definition) is 2. The summed E-state index contributed by atoms with van der Waals surface area (Å²) in [5.74, 6) is 2.93. The summed E-state index contributed by atoms with van der Waals surface area (Å²) in [6.45, 7) is 55.0. The van der Waals surface area contributed by atoms with Gasteiger partial charge in [0.25, 0.3) is 0 Å². The maximum atomic E-state index is 4.86. The molecule has 0 amide bonds. The van der Waals surface area contributed by atoms with Crippen molar-refractivity contribution < 1.29 is 13.3 Å². The molecule has 0 bridgehead atoms. The Labute approximate surface area is 489 Å². The second kappa shape index (κ2) is 75.1. The molecule has 10 heterocycles. The van der Waals surface area contributed by atoms with E-state index in [0.29, 0.717) is 11.8 Å². The van der Waals surface area contributed by atoms with Crippen LogP contribution in [0.1, 0.15) is 185 Å². The number of nitrogens with one attached hydrogen (secondary N) is 2. The zero-order valence-corrected chi connectivity index (χ0v) is 56.4. The van der Waals surface area contributed by atoms with Crippen LogP contribution in [0.2, 0.25) is 0 Å². The van der Waals surface area contributed by atoms with Gasteiger partial charge in [-0.2, -0.15) is 0 Å². The second-order valence-corrected chi connectivity index (χ2v) is 16.2. The molecule has 17 nitrogen and oxygen atoms in total. The Morgan fingerprint density at radius 2 is 1.12 bits per heavy atom. The van der Waals surface area contributed by atoms with Crippen LogP contribution in [-0.2, 0) is 0 Å². The number of rotatable bonds is 0. The third-order valence-corrected chi connectivity index (χ3v) is 8.98. The minimum atomic E-state index is 0.623. The van der Waals surface area contributed by atoms with Gasteiger partial charge in [-0.1, -0.05) is 117 Å². The number of oxazole rings is 2. The summed E-state index contributed by atoms with van der Waals surface area (Å²) in [5.41, 5.74) is 7.95. The fourth-order valence-corrected chi connectivity index (χ4v) is 5.33. The molecular weight excluding hydrogens is 1060 g/mol. The van der Waals surface area contributed by atoms with E-state index in [1.165, 1.54) is 11.3 Å². The SMILES string of the molecule is CC.CC.CC.CC.CC.CC.CC.CC.CC1=CCC=N1.Cc1cnc[nH]1.Cc1cncs1.Cc1cocn1.Cc1cscn1.Cc1ncc[nH]1.Cc1ncco1.Cc1nccs1.Cc1nnc(C)o1.Cc1nnc(C)s1. The number of allylic oxidation sites excluding steroid dienone is 2. The van der Waals surface area contributed by atoms with Crippen molar-refractivity contribution in [3.05, 3.63) is 156 Å². The molecular formula is C57H104N14O3S4. The topological polar surface area (TPSA) is 225 Å². The Bertz CT molecular complexity index is 1920. The van der Waals surface area contributed by atoms with Crippen LogP contribution in [0.15, 0.2) is 114 Å². The number of aryl methyl sites for hydroxylation is 11. The van der Waals surface area contributed by atoms with Crippen molar-refractivity contribution in [3.63, 3.8) is 0 Å². The van der Waals surface area contributed by atoms with Gasteiger partial charge in [0.15, 0.2) is 12.3 Å². The van der Waals surface area contributed by atoms with E-state index in [4.69, 9.17) is 8.83 Å². The lowest BCUT2D eigenvalue weighted by Crippen LogP contribution is -1.68. The summed E-state index contributed by atoms with van der Waals surface area (Å²) >= 11 is 6.58. The molecule has 0 aliphatic carbocycles. The molecule has 0 aromatic carbocycles. The van der Waals surface area contributed by atoms with Crippen molar-refractivity contribution in [2.45, 2.75) is 200 Å². The summed E-state index contributed by atoms with van der Waals surface area (Å²) in [6, 6.07) is 0. The Morgan fingerprint density at radius 1 is 0.526 bits per heavy atom. The van der Waals surface area contributed by atoms with Crippen molar-refractivity contribution in [1.29, 1.82) is 0 Å². The fraction of sp³-hybridized carbons (Fsp3) is 0.509. The molecule has 9 aromatic rings. The molecule has 0 unspecified atom stereocenters. The lowest BCUT2D eigenvalue weighted by atomic mass is 10.4. The van der Waals surface area contributed by atoms with Crippen LogP contribution in [0, 0.1) is 76.2 Å². The summed E-state index contributed by atoms with van der Waals surface area (Å²) in [4.78, 5) is 37.9. The van der Waals surface area contributed by atoms with Crippen molar-refractivity contribution in [2.24, 2.45) is 4.99 Å². The first kappa shape index (κ1) is 88.5. The first-order valence-electron chi connectivity index (χ1n) is 26.6. The number of H-pyrrole nitrogens is 2. The van der Waals surface area contributed by atoms with E-state index in [2.05, 4.69) is 80.7 Å². The van der Waals surface area contributed by atoms with Gasteiger partial charge < -0.3 is 23.2 Å². The average molecular weight is 1160 g/mol. The first-order valence-corrected chi connectivity index (χ1v) is 30.2. The largest absolute Gasteiger partial charge is 0.452 e. The van der Waals surface area contributed by atoms with Crippen LogP contribution in [-0.4, -0.2) is 71.5 Å². The van der Waals surface area contributed by atoms with Crippen LogP contribution in [0.4, 0.5) is 0 Å². The highest BCUT2D eigenvalue weighted by atomic mass is 32.1. The van der Waals surface area contributed by atoms with E-state index in [0.717, 1.165) is 55.9 Å². The maximum Gasteiger partial charge on any atom is 0.213 e. The van der Waals surface area contributed by atoms with Gasteiger partial charge in [0.1, 0.15) is 28.4 Å². The van der Waals surface area contributed by atoms with Gasteiger partial charge in [0.05, 0.1) is 34.2 Å². The van der Waals surface area contributed by atoms with Gasteiger partial charge in [0, 0.05) is 97.1 Å². The predicted molar refractivity (Wildman–Crippen MR) is 340 cm³/mol. The highest BCUT2D eigenvalue weighted by molar-refractivity contribution is 7.11. The lowest BCUT2D eigenvalue weighted by Gasteiger charge is -1.72. The number of nitrogens with zero attached hydrogens (tertiary/aromatic N) is 12. The summed E-state index contributed by atoms with van der Waals surface area (Å²) in [7, 11) is 0. The van der Waals surface area contributed by atoms with Gasteiger partial charge >= 0.3 is 0 Å². The smallest absolute Gasteiger partial charge is 0.213 e. The Morgan fingerprint density at radius 3 is 1.24 bits per heavy atom. The number of hydrogen-bond acceptors (Lipinski definition) is 19. The molecule has 1 aliphatic heterocycles. The molecule has 444 valence electrons. The minimum absolute atomic E-state index is 0.623. The average Bonchev–Trinajstić information content (AvgIpc) is 4.29. The Hall–Kier alpha value is -6.16. The molecule has 0 atom stereocenters. The predicted octanol–water partition coefficient (Wildman–Crippen LogP) is 19.2. The quantitative estimate of drug-likeness (QED) is 0.144. The Balaban J connectivity index is -0.000000113. The number of imidazole rings is 2. The van der Waals surface area contributed by atoms with Gasteiger partial charge in [-0.25, -0.2) is 19.9 Å². The van der Waals surface area contributed by atoms with E-state index in [-0.39, 0.29) is 0 Å². The van der Waals surface area contributed by atoms with Crippen LogP contribution in [0.5, 0.6) is 0 Å². The molecule has 78 heavy (non-hydrogen) atoms. The molecule has 0 saturated heterocycles. The standard InChI is InChI=1S/C5H7N.C4H6N2O.C4H6N2S.2C4H6N2.2C4H5NO.3C4H5NS.8C2H6/c1-5-3-2-4-6-5;2*1-3-5-6-4(2)7-3;1-4-2-5-3-6-4;1-4-5-2-3-6-4;1-4-2-6-3-5-4;1-4-5-2-3-6-4;1-4-2-6-3-5-4;1-4-2-5-3-6-4;1-4-5-2-3-6-4;8*1-2/h3-4H,2H2,1H3;2*1-2H3;2*2-3H,1H3,(H,5,6);5*2-3H,1H3;8*1-2H3. The molecule has 9 aromatic heterocycles. The molecule has 10 rings (SSSR count). The maximum absolute atomic E-state index is 4.86. The highest BCUT2D eigenvalue weighted by Gasteiger charge is 1.90. The van der Waals surface area contributed by atoms with E-state index in [1.54, 1.807) is 116 Å². The fourth-order valence-electron chi connectivity index (χ4n) is 3.35. The molecule has 2 N–H and O–H groups in total. The molecule has 21 heteroatoms. The number of aromatic amines is 2. The van der Waals surface area contributed by atoms with E-state index in [1.807, 2.05) is 207 Å². The van der Waals surface area contributed by atoms with E-state index < -0.39 is 0 Å². The molecule has 1 aliphatic rings. The van der Waals surface area contributed by atoms with Gasteiger partial charge in [-0.15, -0.1) is 65.7 Å². The zero-order chi connectivity index (χ0) is 61.8. The lowest BCUT2D eigenvalue weighted by molar-refractivity contribution is 0.489. The van der Waals surface area contributed by atoms with Crippen LogP contribution >= 0.6 is 45.3 Å². The van der Waals surface area contributed by atoms with Gasteiger partial charge in [-0.3, -0.25) is 19.9 Å². The van der Waals surface area contributed by atoms with Crippen LogP contribution in [0.25, 0.3) is 0 Å². The van der Waals surface area contributed by atoms with E-state index >= 15 is 0 Å². The highest BCUT2D eigenvalue weighted by Crippen LogP contribution is 2.04. The second-order valence-electron chi connectivity index (χ2n) is 12.0. The van der Waals surface area contributed by atoms with Crippen molar-refractivity contribution in [3.8, 4) is 0 Å². The minimum Gasteiger partial charge on any atom is -0.452 e. The van der Waals surface area contributed by atoms with Crippen LogP contribution in [0.3, 0.4) is 0 Å². The third-order valence-electron chi connectivity index (χ3n) is 6.12. The Kier molecular flexibility index (Phi) is 85.1.